The Bertz CT molecular complexity index is 115. The van der Waals surface area contributed by atoms with Crippen LogP contribution in [0.15, 0.2) is 0 Å². The van der Waals surface area contributed by atoms with Gasteiger partial charge in [-0.1, -0.05) is 39.5 Å². The van der Waals surface area contributed by atoms with E-state index in [2.05, 4.69) is 25.8 Å². The van der Waals surface area contributed by atoms with Crippen LogP contribution in [0.25, 0.3) is 0 Å². The van der Waals surface area contributed by atoms with Crippen LogP contribution in [-0.4, -0.2) is 31.1 Å². The molecule has 0 aliphatic rings. The lowest BCUT2D eigenvalue weighted by Crippen LogP contribution is -2.38. The molecule has 0 saturated carbocycles. The van der Waals surface area contributed by atoms with Crippen molar-refractivity contribution in [3.05, 3.63) is 0 Å². The molecule has 0 spiro atoms. The lowest BCUT2D eigenvalue weighted by Gasteiger charge is -2.26. The first-order chi connectivity index (χ1) is 6.76. The summed E-state index contributed by atoms with van der Waals surface area (Å²) in [5.74, 6) is 0. The van der Waals surface area contributed by atoms with Crippen LogP contribution in [-0.2, 0) is 0 Å². The van der Waals surface area contributed by atoms with Gasteiger partial charge >= 0.3 is 0 Å². The first kappa shape index (κ1) is 13.9. The van der Waals surface area contributed by atoms with Gasteiger partial charge in [-0.25, -0.2) is 0 Å². The van der Waals surface area contributed by atoms with Gasteiger partial charge in [0.05, 0.1) is 0 Å². The molecule has 0 amide bonds. The number of unbranched alkanes of at least 4 members (excludes halogenated alkanes) is 3. The van der Waals surface area contributed by atoms with Gasteiger partial charge in [0, 0.05) is 12.6 Å². The summed E-state index contributed by atoms with van der Waals surface area (Å²) in [6.45, 7) is 6.50. The second-order valence-electron chi connectivity index (χ2n) is 4.22. The summed E-state index contributed by atoms with van der Waals surface area (Å²) in [6.07, 6.45) is 7.80. The number of hydrogen-bond acceptors (Lipinski definition) is 2. The average Bonchev–Trinajstić information content (AvgIpc) is 2.19. The molecule has 1 atom stereocenters. The van der Waals surface area contributed by atoms with Gasteiger partial charge in [0.1, 0.15) is 0 Å². The Kier molecular flexibility index (Phi) is 9.42. The summed E-state index contributed by atoms with van der Waals surface area (Å²) in [4.78, 5) is 2.44. The number of likely N-dealkylation sites (N-methyl/N-ethyl adjacent to an activating group) is 1. The van der Waals surface area contributed by atoms with Crippen molar-refractivity contribution in [2.24, 2.45) is 5.73 Å². The standard InChI is InChI=1S/C12H28N2/c1-4-6-8-10-14(3)12(11-13)9-7-5-2/h12H,4-11,13H2,1-3H3. The monoisotopic (exact) mass is 200 g/mol. The van der Waals surface area contributed by atoms with E-state index in [1.54, 1.807) is 0 Å². The van der Waals surface area contributed by atoms with Crippen molar-refractivity contribution in [1.29, 1.82) is 0 Å². The van der Waals surface area contributed by atoms with Crippen LogP contribution in [0.3, 0.4) is 0 Å². The van der Waals surface area contributed by atoms with Crippen LogP contribution in [0.5, 0.6) is 0 Å². The maximum atomic E-state index is 5.78. The molecule has 0 aromatic carbocycles. The molecule has 0 bridgehead atoms. The highest BCUT2D eigenvalue weighted by atomic mass is 15.1. The lowest BCUT2D eigenvalue weighted by molar-refractivity contribution is 0.227. The van der Waals surface area contributed by atoms with Gasteiger partial charge in [0.25, 0.3) is 0 Å². The van der Waals surface area contributed by atoms with Gasteiger partial charge in [0.15, 0.2) is 0 Å². The number of rotatable bonds is 9. The Morgan fingerprint density at radius 2 is 1.71 bits per heavy atom. The van der Waals surface area contributed by atoms with Crippen LogP contribution in [0.2, 0.25) is 0 Å². The van der Waals surface area contributed by atoms with Crippen molar-refractivity contribution in [2.75, 3.05) is 20.1 Å². The molecule has 86 valence electrons. The Labute approximate surface area is 89.9 Å². The molecule has 0 heterocycles. The molecule has 0 aromatic rings. The van der Waals surface area contributed by atoms with Gasteiger partial charge in [-0.3, -0.25) is 0 Å². The van der Waals surface area contributed by atoms with E-state index in [0.717, 1.165) is 6.54 Å². The van der Waals surface area contributed by atoms with E-state index < -0.39 is 0 Å². The van der Waals surface area contributed by atoms with Crippen molar-refractivity contribution in [3.8, 4) is 0 Å². The minimum atomic E-state index is 0.604. The van der Waals surface area contributed by atoms with E-state index in [4.69, 9.17) is 5.73 Å². The van der Waals surface area contributed by atoms with Gasteiger partial charge in [-0.15, -0.1) is 0 Å². The third-order valence-corrected chi connectivity index (χ3v) is 2.90. The maximum Gasteiger partial charge on any atom is 0.0215 e. The fourth-order valence-electron chi connectivity index (χ4n) is 1.75. The largest absolute Gasteiger partial charge is 0.329 e. The molecule has 1 unspecified atom stereocenters. The SMILES string of the molecule is CCCCCN(C)C(CN)CCCC. The van der Waals surface area contributed by atoms with Crippen LogP contribution in [0.4, 0.5) is 0 Å². The molecule has 0 rings (SSSR count). The summed E-state index contributed by atoms with van der Waals surface area (Å²) in [6, 6.07) is 0.604. The molecule has 2 heteroatoms. The highest BCUT2D eigenvalue weighted by molar-refractivity contribution is 4.69. The van der Waals surface area contributed by atoms with E-state index in [9.17, 15) is 0 Å². The highest BCUT2D eigenvalue weighted by Crippen LogP contribution is 2.07. The number of nitrogens with zero attached hydrogens (tertiary/aromatic N) is 1. The van der Waals surface area contributed by atoms with Gasteiger partial charge in [-0.05, 0) is 26.4 Å². The quantitative estimate of drug-likeness (QED) is 0.580. The minimum Gasteiger partial charge on any atom is -0.329 e. The zero-order valence-electron chi connectivity index (χ0n) is 10.3. The van der Waals surface area contributed by atoms with Crippen molar-refractivity contribution < 1.29 is 0 Å². The molecule has 0 aromatic heterocycles. The summed E-state index contributed by atoms with van der Waals surface area (Å²) in [7, 11) is 2.21. The van der Waals surface area contributed by atoms with Crippen LogP contribution < -0.4 is 5.73 Å². The summed E-state index contributed by atoms with van der Waals surface area (Å²) < 4.78 is 0. The third-order valence-electron chi connectivity index (χ3n) is 2.90. The van der Waals surface area contributed by atoms with E-state index in [1.807, 2.05) is 0 Å². The van der Waals surface area contributed by atoms with E-state index in [-0.39, 0.29) is 0 Å². The Hall–Kier alpha value is -0.0800. The normalized spacial score (nSPS) is 13.5. The molecule has 0 aliphatic carbocycles. The lowest BCUT2D eigenvalue weighted by atomic mass is 10.1. The molecule has 0 radical (unpaired) electrons. The zero-order chi connectivity index (χ0) is 10.8. The smallest absolute Gasteiger partial charge is 0.0215 e. The summed E-state index contributed by atoms with van der Waals surface area (Å²) in [5.41, 5.74) is 5.78. The van der Waals surface area contributed by atoms with Gasteiger partial charge < -0.3 is 10.6 Å². The fourth-order valence-corrected chi connectivity index (χ4v) is 1.75. The predicted octanol–water partition coefficient (Wildman–Crippen LogP) is 2.63. The molecule has 14 heavy (non-hydrogen) atoms. The Morgan fingerprint density at radius 3 is 2.21 bits per heavy atom. The Balaban J connectivity index is 3.61. The molecule has 0 aliphatic heterocycles. The second-order valence-corrected chi connectivity index (χ2v) is 4.22. The molecule has 2 N–H and O–H groups in total. The van der Waals surface area contributed by atoms with Gasteiger partial charge in [-0.2, -0.15) is 0 Å². The van der Waals surface area contributed by atoms with Crippen LogP contribution in [0.1, 0.15) is 52.4 Å². The molecule has 0 fully saturated rings. The van der Waals surface area contributed by atoms with Crippen molar-refractivity contribution in [1.82, 2.24) is 4.90 Å². The highest BCUT2D eigenvalue weighted by Gasteiger charge is 2.11. The average molecular weight is 200 g/mol. The van der Waals surface area contributed by atoms with E-state index in [0.29, 0.717) is 6.04 Å². The summed E-state index contributed by atoms with van der Waals surface area (Å²) >= 11 is 0. The van der Waals surface area contributed by atoms with E-state index >= 15 is 0 Å². The first-order valence-corrected chi connectivity index (χ1v) is 6.16. The minimum absolute atomic E-state index is 0.604. The number of nitrogens with two attached hydrogens (primary N) is 1. The Morgan fingerprint density at radius 1 is 1.07 bits per heavy atom. The first-order valence-electron chi connectivity index (χ1n) is 6.16. The second kappa shape index (κ2) is 9.47. The van der Waals surface area contributed by atoms with Crippen LogP contribution >= 0.6 is 0 Å². The molecular weight excluding hydrogens is 172 g/mol. The zero-order valence-corrected chi connectivity index (χ0v) is 10.3. The van der Waals surface area contributed by atoms with Crippen molar-refractivity contribution >= 4 is 0 Å². The predicted molar refractivity (Wildman–Crippen MR) is 64.5 cm³/mol. The van der Waals surface area contributed by atoms with Crippen molar-refractivity contribution in [3.63, 3.8) is 0 Å². The molecular formula is C12H28N2. The van der Waals surface area contributed by atoms with Crippen molar-refractivity contribution in [2.45, 2.75) is 58.4 Å². The van der Waals surface area contributed by atoms with E-state index in [1.165, 1.54) is 45.1 Å². The summed E-state index contributed by atoms with van der Waals surface area (Å²) in [5, 5.41) is 0. The number of hydrogen-bond donors (Lipinski definition) is 1. The molecule has 0 saturated heterocycles. The topological polar surface area (TPSA) is 29.3 Å². The fraction of sp³-hybridized carbons (Fsp3) is 1.00. The van der Waals surface area contributed by atoms with Gasteiger partial charge in [0.2, 0.25) is 0 Å². The maximum absolute atomic E-state index is 5.78. The third kappa shape index (κ3) is 6.39. The molecule has 2 nitrogen and oxygen atoms in total. The van der Waals surface area contributed by atoms with Crippen LogP contribution in [0, 0.1) is 0 Å².